The Morgan fingerprint density at radius 2 is 2.00 bits per heavy atom. The van der Waals surface area contributed by atoms with Gasteiger partial charge in [-0.15, -0.1) is 0 Å². The minimum Gasteiger partial charge on any atom is -0.466 e. The van der Waals surface area contributed by atoms with Gasteiger partial charge in [0.2, 0.25) is 0 Å². The lowest BCUT2D eigenvalue weighted by molar-refractivity contribution is -0.140. The van der Waals surface area contributed by atoms with E-state index in [1.54, 1.807) is 0 Å². The lowest BCUT2D eigenvalue weighted by Crippen LogP contribution is -2.03. The predicted octanol–water partition coefficient (Wildman–Crippen LogP) is 2.41. The van der Waals surface area contributed by atoms with Crippen molar-refractivity contribution >= 4 is 5.97 Å². The Morgan fingerprint density at radius 3 is 2.57 bits per heavy atom. The molecule has 0 aliphatic carbocycles. The molecule has 0 amide bonds. The van der Waals surface area contributed by atoms with E-state index >= 15 is 0 Å². The largest absolute Gasteiger partial charge is 0.466 e. The van der Waals surface area contributed by atoms with Gasteiger partial charge in [-0.3, -0.25) is 4.79 Å². The molecule has 0 saturated heterocycles. The van der Waals surface area contributed by atoms with Crippen LogP contribution in [0.5, 0.6) is 0 Å². The molecule has 0 radical (unpaired) electrons. The fourth-order valence-corrected chi connectivity index (χ4v) is 1.27. The zero-order valence-electron chi connectivity index (χ0n) is 8.96. The first-order valence-electron chi connectivity index (χ1n) is 4.79. The summed E-state index contributed by atoms with van der Waals surface area (Å²) in [4.78, 5) is 10.5. The molecule has 0 saturated carbocycles. The first kappa shape index (κ1) is 10.8. The highest BCUT2D eigenvalue weighted by atomic mass is 16.5. The van der Waals surface area contributed by atoms with Crippen molar-refractivity contribution < 1.29 is 9.53 Å². The number of carbonyl (C=O) groups is 1. The van der Waals surface area contributed by atoms with Crippen LogP contribution in [0.4, 0.5) is 0 Å². The molecule has 0 aliphatic rings. The van der Waals surface area contributed by atoms with Crippen LogP contribution in [0.3, 0.4) is 0 Å². The molecular formula is C12H16O2. The third kappa shape index (κ3) is 3.21. The van der Waals surface area contributed by atoms with Crippen molar-refractivity contribution in [2.24, 2.45) is 0 Å². The van der Waals surface area contributed by atoms with Crippen LogP contribution in [0.25, 0.3) is 0 Å². The van der Waals surface area contributed by atoms with Gasteiger partial charge in [-0.2, -0.15) is 0 Å². The molecule has 1 aromatic rings. The number of esters is 1. The zero-order chi connectivity index (χ0) is 10.6. The normalized spacial score (nSPS) is 9.93. The van der Waals surface area contributed by atoms with Crippen molar-refractivity contribution in [3.05, 3.63) is 34.9 Å². The van der Waals surface area contributed by atoms with Gasteiger partial charge < -0.3 is 4.74 Å². The molecule has 0 N–H and O–H groups in total. The first-order chi connectivity index (χ1) is 6.59. The van der Waals surface area contributed by atoms with Crippen LogP contribution in [-0.2, 0) is 16.0 Å². The molecule has 0 aliphatic heterocycles. The van der Waals surface area contributed by atoms with Crippen LogP contribution in [0.2, 0.25) is 0 Å². The smallest absolute Gasteiger partial charge is 0.302 e. The highest BCUT2D eigenvalue weighted by Crippen LogP contribution is 2.10. The molecule has 0 unspecified atom stereocenters. The number of rotatable bonds is 3. The molecule has 0 atom stereocenters. The summed E-state index contributed by atoms with van der Waals surface area (Å²) in [6.07, 6.45) is 0.792. The van der Waals surface area contributed by atoms with Crippen LogP contribution < -0.4 is 0 Å². The van der Waals surface area contributed by atoms with Crippen molar-refractivity contribution in [1.29, 1.82) is 0 Å². The van der Waals surface area contributed by atoms with E-state index < -0.39 is 0 Å². The van der Waals surface area contributed by atoms with Crippen LogP contribution in [0, 0.1) is 13.8 Å². The van der Waals surface area contributed by atoms with E-state index in [9.17, 15) is 4.79 Å². The summed E-state index contributed by atoms with van der Waals surface area (Å²) in [7, 11) is 0. The molecule has 0 fully saturated rings. The minimum atomic E-state index is -0.214. The van der Waals surface area contributed by atoms with Crippen molar-refractivity contribution in [3.63, 3.8) is 0 Å². The number of ether oxygens (including phenoxy) is 1. The van der Waals surface area contributed by atoms with Crippen molar-refractivity contribution in [3.8, 4) is 0 Å². The molecule has 76 valence electrons. The molecule has 14 heavy (non-hydrogen) atoms. The molecular weight excluding hydrogens is 176 g/mol. The van der Waals surface area contributed by atoms with E-state index in [2.05, 4.69) is 32.0 Å². The first-order valence-corrected chi connectivity index (χ1v) is 4.79. The number of aryl methyl sites for hydroxylation is 2. The highest BCUT2D eigenvalue weighted by Gasteiger charge is 1.98. The minimum absolute atomic E-state index is 0.214. The lowest BCUT2D eigenvalue weighted by atomic mass is 10.0. The van der Waals surface area contributed by atoms with Crippen LogP contribution >= 0.6 is 0 Å². The standard InChI is InChI=1S/C12H16O2/c1-9-4-5-12(8-10(9)2)6-7-14-11(3)13/h4-5,8H,6-7H2,1-3H3. The number of benzene rings is 1. The molecule has 0 heterocycles. The second kappa shape index (κ2) is 4.80. The van der Waals surface area contributed by atoms with Gasteiger partial charge in [0.25, 0.3) is 0 Å². The van der Waals surface area contributed by atoms with Crippen LogP contribution in [0.15, 0.2) is 18.2 Å². The Bertz CT molecular complexity index is 329. The summed E-state index contributed by atoms with van der Waals surface area (Å²) < 4.78 is 4.88. The summed E-state index contributed by atoms with van der Waals surface area (Å²) in [5.41, 5.74) is 3.79. The average Bonchev–Trinajstić information content (AvgIpc) is 2.10. The molecule has 0 aromatic heterocycles. The maximum atomic E-state index is 10.5. The van der Waals surface area contributed by atoms with Crippen molar-refractivity contribution in [2.45, 2.75) is 27.2 Å². The summed E-state index contributed by atoms with van der Waals surface area (Å²) in [5, 5.41) is 0. The molecule has 2 heteroatoms. The van der Waals surface area contributed by atoms with E-state index in [0.29, 0.717) is 6.61 Å². The average molecular weight is 192 g/mol. The van der Waals surface area contributed by atoms with E-state index in [4.69, 9.17) is 4.74 Å². The molecule has 0 bridgehead atoms. The predicted molar refractivity (Wildman–Crippen MR) is 56.3 cm³/mol. The monoisotopic (exact) mass is 192 g/mol. The Morgan fingerprint density at radius 1 is 1.29 bits per heavy atom. The Hall–Kier alpha value is -1.31. The summed E-state index contributed by atoms with van der Waals surface area (Å²) in [6, 6.07) is 6.31. The third-order valence-corrected chi connectivity index (χ3v) is 2.27. The van der Waals surface area contributed by atoms with Gasteiger partial charge in [-0.05, 0) is 30.5 Å². The second-order valence-electron chi connectivity index (χ2n) is 3.51. The number of hydrogen-bond acceptors (Lipinski definition) is 2. The lowest BCUT2D eigenvalue weighted by Gasteiger charge is -2.05. The Labute approximate surface area is 84.9 Å². The SMILES string of the molecule is CC(=O)OCCc1ccc(C)c(C)c1. The topological polar surface area (TPSA) is 26.3 Å². The van der Waals surface area contributed by atoms with Crippen LogP contribution in [0.1, 0.15) is 23.6 Å². The fourth-order valence-electron chi connectivity index (χ4n) is 1.27. The quantitative estimate of drug-likeness (QED) is 0.687. The van der Waals surface area contributed by atoms with Gasteiger partial charge >= 0.3 is 5.97 Å². The van der Waals surface area contributed by atoms with E-state index in [-0.39, 0.29) is 5.97 Å². The highest BCUT2D eigenvalue weighted by molar-refractivity contribution is 5.65. The number of carbonyl (C=O) groups excluding carboxylic acids is 1. The van der Waals surface area contributed by atoms with Crippen molar-refractivity contribution in [2.75, 3.05) is 6.61 Å². The Kier molecular flexibility index (Phi) is 3.69. The van der Waals surface area contributed by atoms with Gasteiger partial charge in [0.15, 0.2) is 0 Å². The van der Waals surface area contributed by atoms with Crippen LogP contribution in [-0.4, -0.2) is 12.6 Å². The third-order valence-electron chi connectivity index (χ3n) is 2.27. The summed E-state index contributed by atoms with van der Waals surface area (Å²) in [5.74, 6) is -0.214. The van der Waals surface area contributed by atoms with E-state index in [1.807, 2.05) is 0 Å². The van der Waals surface area contributed by atoms with Gasteiger partial charge in [-0.1, -0.05) is 18.2 Å². The molecule has 0 spiro atoms. The van der Waals surface area contributed by atoms with E-state index in [0.717, 1.165) is 6.42 Å². The maximum absolute atomic E-state index is 10.5. The van der Waals surface area contributed by atoms with E-state index in [1.165, 1.54) is 23.6 Å². The Balaban J connectivity index is 2.51. The second-order valence-corrected chi connectivity index (χ2v) is 3.51. The zero-order valence-corrected chi connectivity index (χ0v) is 8.96. The molecule has 2 nitrogen and oxygen atoms in total. The van der Waals surface area contributed by atoms with Gasteiger partial charge in [0, 0.05) is 13.3 Å². The van der Waals surface area contributed by atoms with Gasteiger partial charge in [0.1, 0.15) is 0 Å². The van der Waals surface area contributed by atoms with Gasteiger partial charge in [-0.25, -0.2) is 0 Å². The van der Waals surface area contributed by atoms with Crippen molar-refractivity contribution in [1.82, 2.24) is 0 Å². The van der Waals surface area contributed by atoms with Gasteiger partial charge in [0.05, 0.1) is 6.61 Å². The summed E-state index contributed by atoms with van der Waals surface area (Å²) >= 11 is 0. The number of hydrogen-bond donors (Lipinski definition) is 0. The fraction of sp³-hybridized carbons (Fsp3) is 0.417. The molecule has 1 aromatic carbocycles. The molecule has 1 rings (SSSR count). The maximum Gasteiger partial charge on any atom is 0.302 e. The summed E-state index contributed by atoms with van der Waals surface area (Å²) in [6.45, 7) is 6.08.